The Morgan fingerprint density at radius 2 is 1.80 bits per heavy atom. The number of nitrogens with one attached hydrogen (secondary N) is 1. The van der Waals surface area contributed by atoms with E-state index in [1.807, 2.05) is 0 Å². The molecule has 0 bridgehead atoms. The fourth-order valence-electron chi connectivity index (χ4n) is 5.21. The molecule has 3 aromatic rings. The molecule has 12 heteroatoms. The van der Waals surface area contributed by atoms with E-state index < -0.39 is 44.4 Å². The second kappa shape index (κ2) is 10.4. The van der Waals surface area contributed by atoms with Gasteiger partial charge in [0, 0.05) is 18.5 Å². The number of benzene rings is 3. The Kier molecular flexibility index (Phi) is 7.24. The van der Waals surface area contributed by atoms with E-state index in [-0.39, 0.29) is 47.0 Å². The first-order valence-electron chi connectivity index (χ1n) is 12.5. The van der Waals surface area contributed by atoms with E-state index in [1.165, 1.54) is 25.1 Å². The molecule has 0 aromatic heterocycles. The lowest BCUT2D eigenvalue weighted by atomic mass is 9.77. The minimum Gasteiger partial charge on any atom is -0.486 e. The van der Waals surface area contributed by atoms with Crippen LogP contribution in [0.4, 0.5) is 27.6 Å². The minimum atomic E-state index is -4.76. The average molecular weight is 581 g/mol. The van der Waals surface area contributed by atoms with Gasteiger partial charge in [-0.25, -0.2) is 17.2 Å². The lowest BCUT2D eigenvalue weighted by Gasteiger charge is -2.41. The zero-order chi connectivity index (χ0) is 28.8. The number of halogens is 5. The van der Waals surface area contributed by atoms with Crippen LogP contribution in [0.15, 0.2) is 65.6 Å². The first kappa shape index (κ1) is 27.9. The van der Waals surface area contributed by atoms with Crippen LogP contribution >= 0.6 is 0 Å². The van der Waals surface area contributed by atoms with Crippen molar-refractivity contribution in [1.29, 1.82) is 0 Å². The van der Waals surface area contributed by atoms with Crippen molar-refractivity contribution in [1.82, 2.24) is 5.32 Å². The van der Waals surface area contributed by atoms with Crippen LogP contribution in [0.25, 0.3) is 11.1 Å². The smallest absolute Gasteiger partial charge is 0.416 e. The zero-order valence-corrected chi connectivity index (χ0v) is 22.0. The van der Waals surface area contributed by atoms with Crippen LogP contribution in [0.3, 0.4) is 0 Å². The summed E-state index contributed by atoms with van der Waals surface area (Å²) in [5.41, 5.74) is -1.06. The van der Waals surface area contributed by atoms with Gasteiger partial charge in [0.2, 0.25) is 5.91 Å². The van der Waals surface area contributed by atoms with Gasteiger partial charge in [0.25, 0.3) is 10.0 Å². The molecule has 3 aromatic carbocycles. The summed E-state index contributed by atoms with van der Waals surface area (Å²) in [6.07, 6.45) is -3.57. The largest absolute Gasteiger partial charge is 0.486 e. The van der Waals surface area contributed by atoms with Gasteiger partial charge in [-0.15, -0.1) is 0 Å². The van der Waals surface area contributed by atoms with Gasteiger partial charge in [-0.3, -0.25) is 9.10 Å². The topological polar surface area (TPSA) is 75.7 Å². The highest BCUT2D eigenvalue weighted by Crippen LogP contribution is 2.43. The van der Waals surface area contributed by atoms with Gasteiger partial charge >= 0.3 is 6.18 Å². The van der Waals surface area contributed by atoms with Crippen LogP contribution in [-0.4, -0.2) is 33.0 Å². The Morgan fingerprint density at radius 3 is 2.50 bits per heavy atom. The molecule has 1 aliphatic heterocycles. The van der Waals surface area contributed by atoms with Crippen LogP contribution in [0.2, 0.25) is 0 Å². The molecule has 2 aliphatic rings. The first-order chi connectivity index (χ1) is 18.8. The molecule has 0 spiro atoms. The summed E-state index contributed by atoms with van der Waals surface area (Å²) >= 11 is 0. The van der Waals surface area contributed by atoms with E-state index in [1.54, 1.807) is 0 Å². The molecule has 1 saturated carbocycles. The molecule has 6 nitrogen and oxygen atoms in total. The molecule has 1 aliphatic carbocycles. The number of ether oxygens (including phenoxy) is 1. The molecule has 0 unspecified atom stereocenters. The van der Waals surface area contributed by atoms with Crippen molar-refractivity contribution in [2.24, 2.45) is 5.92 Å². The Hall–Kier alpha value is -3.67. The standard InChI is InChI=1S/C28H25F5N2O4S/c1-16(36)34-21-9-17(10-21)11-22-15-35(40(37,38)23-4-2-3-19(13-23)28(31,32)33)26-12-18(5-8-27(26)39-22)24-14-20(29)6-7-25(24)30/h2-8,12-14,17,21-22H,9-11,15H2,1H3,(H,34,36)/t17-,21-,22-/m0/s1. The number of sulfonamides is 1. The molecule has 1 heterocycles. The van der Waals surface area contributed by atoms with Gasteiger partial charge in [-0.1, -0.05) is 12.1 Å². The van der Waals surface area contributed by atoms with Gasteiger partial charge in [0.05, 0.1) is 22.7 Å². The molecule has 212 valence electrons. The van der Waals surface area contributed by atoms with Gasteiger partial charge < -0.3 is 10.1 Å². The average Bonchev–Trinajstić information content (AvgIpc) is 2.87. The molecule has 0 radical (unpaired) electrons. The third-order valence-corrected chi connectivity index (χ3v) is 8.89. The summed E-state index contributed by atoms with van der Waals surface area (Å²) in [5, 5.41) is 2.83. The molecular formula is C28H25F5N2O4S. The highest BCUT2D eigenvalue weighted by molar-refractivity contribution is 7.92. The van der Waals surface area contributed by atoms with Crippen molar-refractivity contribution >= 4 is 21.6 Å². The number of alkyl halides is 3. The van der Waals surface area contributed by atoms with E-state index in [9.17, 15) is 35.2 Å². The maximum Gasteiger partial charge on any atom is 0.416 e. The predicted molar refractivity (Wildman–Crippen MR) is 137 cm³/mol. The summed E-state index contributed by atoms with van der Waals surface area (Å²) in [4.78, 5) is 10.7. The van der Waals surface area contributed by atoms with E-state index in [2.05, 4.69) is 5.32 Å². The van der Waals surface area contributed by atoms with Gasteiger partial charge in [-0.2, -0.15) is 13.2 Å². The summed E-state index contributed by atoms with van der Waals surface area (Å²) < 4.78 is 103. The van der Waals surface area contributed by atoms with Crippen molar-refractivity contribution in [2.75, 3.05) is 10.8 Å². The molecule has 5 rings (SSSR count). The maximum absolute atomic E-state index is 14.5. The van der Waals surface area contributed by atoms with E-state index in [0.29, 0.717) is 25.3 Å². The normalized spacial score (nSPS) is 20.8. The number of hydrogen-bond donors (Lipinski definition) is 1. The van der Waals surface area contributed by atoms with Crippen molar-refractivity contribution in [3.05, 3.63) is 77.9 Å². The number of amides is 1. The van der Waals surface area contributed by atoms with E-state index in [0.717, 1.165) is 40.7 Å². The first-order valence-corrected chi connectivity index (χ1v) is 14.0. The second-order valence-corrected chi connectivity index (χ2v) is 11.9. The van der Waals surface area contributed by atoms with Crippen molar-refractivity contribution in [3.63, 3.8) is 0 Å². The molecule has 1 N–H and O–H groups in total. The lowest BCUT2D eigenvalue weighted by molar-refractivity contribution is -0.137. The second-order valence-electron chi connectivity index (χ2n) is 10.1. The Morgan fingerprint density at radius 1 is 1.05 bits per heavy atom. The quantitative estimate of drug-likeness (QED) is 0.368. The van der Waals surface area contributed by atoms with Crippen molar-refractivity contribution in [2.45, 2.75) is 49.4 Å². The fraction of sp³-hybridized carbons (Fsp3) is 0.321. The Balaban J connectivity index is 1.52. The monoisotopic (exact) mass is 580 g/mol. The summed E-state index contributed by atoms with van der Waals surface area (Å²) in [5.74, 6) is -1.29. The number of carbonyl (C=O) groups excluding carboxylic acids is 1. The number of carbonyl (C=O) groups is 1. The van der Waals surface area contributed by atoms with Crippen LogP contribution in [0.5, 0.6) is 5.75 Å². The molecule has 40 heavy (non-hydrogen) atoms. The minimum absolute atomic E-state index is 0.000412. The highest BCUT2D eigenvalue weighted by Gasteiger charge is 2.39. The Bertz CT molecular complexity index is 1550. The predicted octanol–water partition coefficient (Wildman–Crippen LogP) is 5.91. The molecule has 0 saturated heterocycles. The van der Waals surface area contributed by atoms with Gasteiger partial charge in [0.15, 0.2) is 0 Å². The maximum atomic E-state index is 14.5. The van der Waals surface area contributed by atoms with Gasteiger partial charge in [0.1, 0.15) is 23.5 Å². The summed E-state index contributed by atoms with van der Waals surface area (Å²) in [7, 11) is -4.53. The van der Waals surface area contributed by atoms with E-state index >= 15 is 0 Å². The third-order valence-electron chi connectivity index (χ3n) is 7.12. The van der Waals surface area contributed by atoms with Crippen LogP contribution in [-0.2, 0) is 21.0 Å². The van der Waals surface area contributed by atoms with Crippen LogP contribution < -0.4 is 14.4 Å². The number of nitrogens with zero attached hydrogens (tertiary/aromatic N) is 1. The Labute approximate surface area is 227 Å². The third kappa shape index (κ3) is 5.63. The fourth-order valence-corrected chi connectivity index (χ4v) is 6.76. The van der Waals surface area contributed by atoms with Crippen molar-refractivity contribution in [3.8, 4) is 16.9 Å². The number of anilines is 1. The van der Waals surface area contributed by atoms with E-state index in [4.69, 9.17) is 4.74 Å². The molecular weight excluding hydrogens is 555 g/mol. The zero-order valence-electron chi connectivity index (χ0n) is 21.2. The molecule has 1 amide bonds. The SMILES string of the molecule is CC(=O)N[C@H]1C[C@H](C[C@H]2CN(S(=O)(=O)c3cccc(C(F)(F)F)c3)c3cc(-c4cc(F)ccc4F)ccc3O2)C1. The molecule has 1 fully saturated rings. The lowest BCUT2D eigenvalue weighted by Crippen LogP contribution is -2.48. The number of rotatable bonds is 6. The molecule has 1 atom stereocenters. The number of hydrogen-bond acceptors (Lipinski definition) is 4. The van der Waals surface area contributed by atoms with Crippen LogP contribution in [0, 0.1) is 17.6 Å². The van der Waals surface area contributed by atoms with Crippen LogP contribution in [0.1, 0.15) is 31.7 Å². The highest BCUT2D eigenvalue weighted by atomic mass is 32.2. The number of fused-ring (bicyclic) bond motifs is 1. The van der Waals surface area contributed by atoms with Gasteiger partial charge in [-0.05, 0) is 79.3 Å². The van der Waals surface area contributed by atoms with Crippen molar-refractivity contribution < 1.29 is 39.9 Å². The summed E-state index contributed by atoms with van der Waals surface area (Å²) in [6.45, 7) is 1.22. The summed E-state index contributed by atoms with van der Waals surface area (Å²) in [6, 6.07) is 10.6.